The molecule has 0 aliphatic heterocycles. The van der Waals surface area contributed by atoms with Crippen LogP contribution in [0.15, 0.2) is 46.2 Å². The van der Waals surface area contributed by atoms with E-state index in [0.717, 1.165) is 12.1 Å². The molecule has 0 saturated heterocycles. The minimum atomic E-state index is -4.73. The molecule has 2 aromatic carbocycles. The molecule has 2 N–H and O–H groups in total. The first-order chi connectivity index (χ1) is 13.5. The highest BCUT2D eigenvalue weighted by Gasteiger charge is 2.34. The van der Waals surface area contributed by atoms with Crippen molar-refractivity contribution >= 4 is 39.1 Å². The van der Waals surface area contributed by atoms with Gasteiger partial charge in [-0.2, -0.15) is 13.2 Å². The van der Waals surface area contributed by atoms with Gasteiger partial charge in [-0.05, 0) is 43.9 Å². The van der Waals surface area contributed by atoms with Crippen LogP contribution in [-0.4, -0.2) is 44.8 Å². The van der Waals surface area contributed by atoms with Crippen molar-refractivity contribution in [2.75, 3.05) is 31.1 Å². The number of aliphatic hydroxyl groups is 1. The lowest BCUT2D eigenvalue weighted by molar-refractivity contribution is -0.137. The summed E-state index contributed by atoms with van der Waals surface area (Å²) in [6, 6.07) is 7.43. The van der Waals surface area contributed by atoms with E-state index in [-0.39, 0.29) is 16.1 Å². The van der Waals surface area contributed by atoms with Gasteiger partial charge in [-0.25, -0.2) is 8.42 Å². The molecule has 2 rings (SSSR count). The first-order valence-electron chi connectivity index (χ1n) is 8.35. The van der Waals surface area contributed by atoms with Gasteiger partial charge >= 0.3 is 6.18 Å². The number of sulfonamides is 1. The van der Waals surface area contributed by atoms with Crippen LogP contribution in [-0.2, 0) is 22.8 Å². The summed E-state index contributed by atoms with van der Waals surface area (Å²) in [5, 5.41) is 9.07. The lowest BCUT2D eigenvalue weighted by Gasteiger charge is -2.17. The SMILES string of the molecule is CN(C)CCSc1cccc(CO)c1S(=O)(=O)Nc1ccc(Cl)c(C(F)(F)F)c1. The normalized spacial score (nSPS) is 12.4. The number of benzene rings is 2. The van der Waals surface area contributed by atoms with Crippen LogP contribution >= 0.6 is 23.4 Å². The van der Waals surface area contributed by atoms with E-state index >= 15 is 0 Å². The molecule has 0 spiro atoms. The average Bonchev–Trinajstić information content (AvgIpc) is 2.61. The molecule has 0 amide bonds. The van der Waals surface area contributed by atoms with Gasteiger partial charge in [-0.3, -0.25) is 4.72 Å². The molecule has 0 bridgehead atoms. The van der Waals surface area contributed by atoms with Gasteiger partial charge in [0, 0.05) is 22.9 Å². The van der Waals surface area contributed by atoms with E-state index in [1.54, 1.807) is 12.1 Å². The molecule has 0 atom stereocenters. The Balaban J connectivity index is 2.43. The molecule has 5 nitrogen and oxygen atoms in total. The van der Waals surface area contributed by atoms with E-state index in [9.17, 15) is 26.7 Å². The Morgan fingerprint density at radius 1 is 1.21 bits per heavy atom. The summed E-state index contributed by atoms with van der Waals surface area (Å²) in [4.78, 5) is 2.17. The molecule has 0 aliphatic rings. The quantitative estimate of drug-likeness (QED) is 0.565. The van der Waals surface area contributed by atoms with Crippen LogP contribution in [0.4, 0.5) is 18.9 Å². The summed E-state index contributed by atoms with van der Waals surface area (Å²) in [6.45, 7) is 0.153. The summed E-state index contributed by atoms with van der Waals surface area (Å²) >= 11 is 6.87. The highest BCUT2D eigenvalue weighted by atomic mass is 35.5. The minimum absolute atomic E-state index is 0.150. The van der Waals surface area contributed by atoms with Crippen molar-refractivity contribution in [3.8, 4) is 0 Å². The number of hydrogen-bond acceptors (Lipinski definition) is 5. The molecule has 0 radical (unpaired) electrons. The van der Waals surface area contributed by atoms with Crippen molar-refractivity contribution in [1.29, 1.82) is 0 Å². The minimum Gasteiger partial charge on any atom is -0.392 e. The van der Waals surface area contributed by atoms with Crippen LogP contribution in [0.25, 0.3) is 0 Å². The zero-order chi connectivity index (χ0) is 21.8. The maximum absolute atomic E-state index is 13.1. The van der Waals surface area contributed by atoms with Gasteiger partial charge in [0.15, 0.2) is 0 Å². The Hall–Kier alpha value is -1.46. The van der Waals surface area contributed by atoms with Crippen molar-refractivity contribution in [2.24, 2.45) is 0 Å². The molecular weight excluding hydrogens is 449 g/mol. The Morgan fingerprint density at radius 2 is 1.90 bits per heavy atom. The van der Waals surface area contributed by atoms with Crippen LogP contribution in [0.1, 0.15) is 11.1 Å². The predicted molar refractivity (Wildman–Crippen MR) is 109 cm³/mol. The summed E-state index contributed by atoms with van der Waals surface area (Å²) in [7, 11) is -0.512. The van der Waals surface area contributed by atoms with E-state index < -0.39 is 33.4 Å². The number of anilines is 1. The van der Waals surface area contributed by atoms with E-state index in [4.69, 9.17) is 11.6 Å². The molecule has 11 heteroatoms. The lowest BCUT2D eigenvalue weighted by Crippen LogP contribution is -2.18. The molecule has 0 heterocycles. The molecule has 0 aliphatic carbocycles. The second kappa shape index (κ2) is 9.57. The van der Waals surface area contributed by atoms with Gasteiger partial charge in [0.05, 0.1) is 17.2 Å². The van der Waals surface area contributed by atoms with Crippen molar-refractivity contribution in [1.82, 2.24) is 4.90 Å². The maximum Gasteiger partial charge on any atom is 0.417 e. The zero-order valence-electron chi connectivity index (χ0n) is 15.6. The van der Waals surface area contributed by atoms with E-state index in [2.05, 4.69) is 4.72 Å². The Kier molecular flexibility index (Phi) is 7.86. The van der Waals surface area contributed by atoms with Gasteiger partial charge in [-0.1, -0.05) is 23.7 Å². The zero-order valence-corrected chi connectivity index (χ0v) is 18.0. The summed E-state index contributed by atoms with van der Waals surface area (Å²) in [6.07, 6.45) is -4.73. The molecule has 0 saturated carbocycles. The van der Waals surface area contributed by atoms with Crippen LogP contribution in [0.2, 0.25) is 5.02 Å². The number of aliphatic hydroxyl groups excluding tert-OH is 1. The van der Waals surface area contributed by atoms with Gasteiger partial charge < -0.3 is 10.0 Å². The summed E-state index contributed by atoms with van der Waals surface area (Å²) < 4.78 is 67.3. The third kappa shape index (κ3) is 6.26. The third-order valence-electron chi connectivity index (χ3n) is 3.82. The monoisotopic (exact) mass is 468 g/mol. The summed E-state index contributed by atoms with van der Waals surface area (Å²) in [5.41, 5.74) is -1.27. The standard InChI is InChI=1S/C18H20ClF3N2O3S2/c1-24(2)8-9-28-16-5-3-4-12(11-25)17(16)29(26,27)23-13-6-7-15(19)14(10-13)18(20,21)22/h3-7,10,23,25H,8-9,11H2,1-2H3. The van der Waals surface area contributed by atoms with Crippen molar-refractivity contribution in [3.63, 3.8) is 0 Å². The van der Waals surface area contributed by atoms with Crippen molar-refractivity contribution in [2.45, 2.75) is 22.6 Å². The predicted octanol–water partition coefficient (Wildman–Crippen LogP) is 4.31. The number of nitrogens with zero attached hydrogens (tertiary/aromatic N) is 1. The number of thioether (sulfide) groups is 1. The highest BCUT2D eigenvalue weighted by Crippen LogP contribution is 2.37. The third-order valence-corrected chi connectivity index (χ3v) is 6.84. The number of halogens is 4. The molecule has 0 aromatic heterocycles. The number of hydrogen-bond donors (Lipinski definition) is 2. The average molecular weight is 469 g/mol. The number of alkyl halides is 3. The Bertz CT molecular complexity index is 967. The van der Waals surface area contributed by atoms with E-state index in [1.165, 1.54) is 17.8 Å². The fourth-order valence-corrected chi connectivity index (χ4v) is 5.65. The lowest BCUT2D eigenvalue weighted by atomic mass is 10.2. The largest absolute Gasteiger partial charge is 0.417 e. The number of rotatable bonds is 8. The maximum atomic E-state index is 13.1. The molecule has 2 aromatic rings. The Morgan fingerprint density at radius 3 is 2.48 bits per heavy atom. The van der Waals surface area contributed by atoms with E-state index in [1.807, 2.05) is 19.0 Å². The molecule has 0 fully saturated rings. The van der Waals surface area contributed by atoms with Gasteiger partial charge in [0.25, 0.3) is 10.0 Å². The molecule has 160 valence electrons. The van der Waals surface area contributed by atoms with Crippen LogP contribution in [0.5, 0.6) is 0 Å². The topological polar surface area (TPSA) is 69.6 Å². The molecule has 0 unspecified atom stereocenters. The van der Waals surface area contributed by atoms with E-state index in [0.29, 0.717) is 23.3 Å². The second-order valence-electron chi connectivity index (χ2n) is 6.35. The second-order valence-corrected chi connectivity index (χ2v) is 9.52. The van der Waals surface area contributed by atoms with Crippen LogP contribution < -0.4 is 4.72 Å². The molecule has 29 heavy (non-hydrogen) atoms. The smallest absolute Gasteiger partial charge is 0.392 e. The van der Waals surface area contributed by atoms with Crippen LogP contribution in [0, 0.1) is 0 Å². The van der Waals surface area contributed by atoms with Crippen molar-refractivity contribution in [3.05, 3.63) is 52.5 Å². The highest BCUT2D eigenvalue weighted by molar-refractivity contribution is 8.00. The van der Waals surface area contributed by atoms with Crippen molar-refractivity contribution < 1.29 is 26.7 Å². The fraction of sp³-hybridized carbons (Fsp3) is 0.333. The molecular formula is C18H20ClF3N2O3S2. The first kappa shape index (κ1) is 23.8. The van der Waals surface area contributed by atoms with Crippen LogP contribution in [0.3, 0.4) is 0 Å². The van der Waals surface area contributed by atoms with Gasteiger partial charge in [-0.15, -0.1) is 11.8 Å². The van der Waals surface area contributed by atoms with Gasteiger partial charge in [0.2, 0.25) is 0 Å². The number of nitrogens with one attached hydrogen (secondary N) is 1. The first-order valence-corrected chi connectivity index (χ1v) is 11.2. The Labute approximate surface area is 176 Å². The van der Waals surface area contributed by atoms with Gasteiger partial charge in [0.1, 0.15) is 4.90 Å². The summed E-state index contributed by atoms with van der Waals surface area (Å²) in [5.74, 6) is 0.587. The fourth-order valence-electron chi connectivity index (χ4n) is 2.45.